The monoisotopic (exact) mass is 148 g/mol. The lowest BCUT2D eigenvalue weighted by molar-refractivity contribution is -0.794. The Morgan fingerprint density at radius 1 is 1.44 bits per heavy atom. The van der Waals surface area contributed by atoms with Gasteiger partial charge < -0.3 is 0 Å². The van der Waals surface area contributed by atoms with E-state index in [4.69, 9.17) is 0 Å². The van der Waals surface area contributed by atoms with Gasteiger partial charge in [-0.1, -0.05) is 6.92 Å². The Morgan fingerprint density at radius 3 is 2.00 bits per heavy atom. The molecular weight excluding hydrogens is 130 g/mol. The van der Waals surface area contributed by atoms with Crippen LogP contribution in [0, 0.1) is 0 Å². The van der Waals surface area contributed by atoms with E-state index in [1.165, 1.54) is 6.42 Å². The van der Waals surface area contributed by atoms with Gasteiger partial charge in [-0.15, -0.1) is 0 Å². The normalized spacial score (nSPS) is 21.0. The molecular formula is C7H18NS+. The van der Waals surface area contributed by atoms with E-state index in [2.05, 4.69) is 40.6 Å². The molecule has 2 unspecified atom stereocenters. The van der Waals surface area contributed by atoms with E-state index in [-0.39, 0.29) is 0 Å². The molecule has 0 aromatic rings. The molecule has 0 N–H and O–H groups in total. The van der Waals surface area contributed by atoms with E-state index in [0.717, 1.165) is 10.4 Å². The van der Waals surface area contributed by atoms with Crippen LogP contribution in [0.2, 0.25) is 0 Å². The zero-order chi connectivity index (χ0) is 7.49. The highest BCUT2D eigenvalue weighted by Crippen LogP contribution is 2.15. The van der Waals surface area contributed by atoms with Gasteiger partial charge in [0.15, 0.2) is 0 Å². The predicted molar refractivity (Wildman–Crippen MR) is 45.5 cm³/mol. The lowest BCUT2D eigenvalue weighted by Crippen LogP contribution is -2.41. The molecule has 1 nitrogen and oxygen atoms in total. The minimum Gasteiger partial charge on any atom is -0.265 e. The molecule has 0 saturated heterocycles. The van der Waals surface area contributed by atoms with Crippen molar-refractivity contribution in [3.8, 4) is 0 Å². The summed E-state index contributed by atoms with van der Waals surface area (Å²) >= 11 is 4.50. The standard InChI is InChI=1S/C7H18NS/c1-5-7(3)8(4,9)6-2/h7,9H,5-6H2,1-4H3/q+1. The molecule has 0 radical (unpaired) electrons. The van der Waals surface area contributed by atoms with Gasteiger partial charge in [-0.25, -0.2) is 0 Å². The van der Waals surface area contributed by atoms with Crippen LogP contribution in [0.15, 0.2) is 0 Å². The van der Waals surface area contributed by atoms with Crippen LogP contribution in [0.25, 0.3) is 0 Å². The van der Waals surface area contributed by atoms with Crippen LogP contribution >= 0.6 is 12.8 Å². The molecule has 0 saturated carbocycles. The summed E-state index contributed by atoms with van der Waals surface area (Å²) < 4.78 is 0.844. The summed E-state index contributed by atoms with van der Waals surface area (Å²) in [5.41, 5.74) is 0. The Morgan fingerprint density at radius 2 is 1.89 bits per heavy atom. The van der Waals surface area contributed by atoms with Crippen molar-refractivity contribution in [2.45, 2.75) is 33.2 Å². The molecule has 0 aliphatic heterocycles. The van der Waals surface area contributed by atoms with Gasteiger partial charge in [0.1, 0.15) is 0 Å². The molecule has 0 heterocycles. The zero-order valence-corrected chi connectivity index (χ0v) is 7.78. The first-order chi connectivity index (χ1) is 4.04. The van der Waals surface area contributed by atoms with Gasteiger partial charge in [-0.3, -0.25) is 3.89 Å². The second-order valence-corrected chi connectivity index (χ2v) is 3.70. The van der Waals surface area contributed by atoms with E-state index >= 15 is 0 Å². The van der Waals surface area contributed by atoms with Gasteiger partial charge in [0.25, 0.3) is 0 Å². The maximum Gasteiger partial charge on any atom is 0.0960 e. The minimum atomic E-state index is 0.665. The van der Waals surface area contributed by atoms with Gasteiger partial charge in [0.2, 0.25) is 0 Å². The fraction of sp³-hybridized carbons (Fsp3) is 1.00. The molecule has 9 heavy (non-hydrogen) atoms. The van der Waals surface area contributed by atoms with Crippen molar-refractivity contribution >= 4 is 12.8 Å². The van der Waals surface area contributed by atoms with Gasteiger partial charge in [-0.2, -0.15) is 0 Å². The fourth-order valence-electron chi connectivity index (χ4n) is 0.705. The predicted octanol–water partition coefficient (Wildman–Crippen LogP) is 2.10. The van der Waals surface area contributed by atoms with E-state index in [9.17, 15) is 0 Å². The molecule has 0 aromatic carbocycles. The van der Waals surface area contributed by atoms with Gasteiger partial charge in [0.05, 0.1) is 32.4 Å². The van der Waals surface area contributed by atoms with Crippen molar-refractivity contribution in [1.29, 1.82) is 0 Å². The van der Waals surface area contributed by atoms with E-state index in [1.54, 1.807) is 0 Å². The molecule has 0 aromatic heterocycles. The third-order valence-corrected chi connectivity index (χ3v) is 2.86. The first-order valence-electron chi connectivity index (χ1n) is 3.62. The van der Waals surface area contributed by atoms with Crippen molar-refractivity contribution in [3.05, 3.63) is 0 Å². The third-order valence-electron chi connectivity index (χ3n) is 2.18. The van der Waals surface area contributed by atoms with Crippen LogP contribution in [0.3, 0.4) is 0 Å². The second kappa shape index (κ2) is 3.47. The van der Waals surface area contributed by atoms with Crippen molar-refractivity contribution in [3.63, 3.8) is 0 Å². The summed E-state index contributed by atoms with van der Waals surface area (Å²) in [5, 5.41) is 0. The van der Waals surface area contributed by atoms with Crippen molar-refractivity contribution in [2.24, 2.45) is 0 Å². The lowest BCUT2D eigenvalue weighted by Gasteiger charge is -2.31. The Hall–Kier alpha value is 0.310. The highest BCUT2D eigenvalue weighted by atomic mass is 32.1. The highest BCUT2D eigenvalue weighted by Gasteiger charge is 2.20. The van der Waals surface area contributed by atoms with Crippen LogP contribution in [0.1, 0.15) is 27.2 Å². The molecule has 0 bridgehead atoms. The second-order valence-electron chi connectivity index (χ2n) is 2.79. The molecule has 0 aliphatic carbocycles. The lowest BCUT2D eigenvalue weighted by atomic mass is 10.2. The summed E-state index contributed by atoms with van der Waals surface area (Å²) in [5.74, 6) is 0. The quantitative estimate of drug-likeness (QED) is 0.460. The number of hydrogen-bond donors (Lipinski definition) is 1. The Bertz CT molecular complexity index is 81.0. The van der Waals surface area contributed by atoms with Crippen LogP contribution in [-0.4, -0.2) is 23.5 Å². The molecule has 0 spiro atoms. The SMILES string of the molecule is CCC(C)[N+](C)(S)CC. The Balaban J connectivity index is 3.80. The first-order valence-corrected chi connectivity index (χ1v) is 4.02. The van der Waals surface area contributed by atoms with Gasteiger partial charge in [-0.05, 0) is 20.3 Å². The summed E-state index contributed by atoms with van der Waals surface area (Å²) in [6.07, 6.45) is 1.20. The molecule has 0 rings (SSSR count). The van der Waals surface area contributed by atoms with E-state index < -0.39 is 0 Å². The number of quaternary nitrogens is 1. The topological polar surface area (TPSA) is 0 Å². The molecule has 2 heteroatoms. The maximum absolute atomic E-state index is 4.50. The third kappa shape index (κ3) is 2.59. The van der Waals surface area contributed by atoms with E-state index in [0.29, 0.717) is 6.04 Å². The van der Waals surface area contributed by atoms with Crippen LogP contribution in [-0.2, 0) is 0 Å². The molecule has 0 aliphatic rings. The molecule has 0 amide bonds. The number of hydrogen-bond acceptors (Lipinski definition) is 1. The Kier molecular flexibility index (Phi) is 3.59. The number of thiol groups is 1. The molecule has 0 fully saturated rings. The van der Waals surface area contributed by atoms with Gasteiger partial charge in [0, 0.05) is 0 Å². The smallest absolute Gasteiger partial charge is 0.0960 e. The summed E-state index contributed by atoms with van der Waals surface area (Å²) in [4.78, 5) is 0. The maximum atomic E-state index is 4.50. The van der Waals surface area contributed by atoms with Crippen molar-refractivity contribution in [2.75, 3.05) is 13.6 Å². The van der Waals surface area contributed by atoms with Gasteiger partial charge >= 0.3 is 0 Å². The molecule has 56 valence electrons. The molecule has 2 atom stereocenters. The summed E-state index contributed by atoms with van der Waals surface area (Å²) in [6.45, 7) is 7.70. The van der Waals surface area contributed by atoms with Crippen molar-refractivity contribution < 1.29 is 3.89 Å². The van der Waals surface area contributed by atoms with E-state index in [1.807, 2.05) is 0 Å². The summed E-state index contributed by atoms with van der Waals surface area (Å²) in [6, 6.07) is 0.665. The average Bonchev–Trinajstić information content (AvgIpc) is 1.86. The highest BCUT2D eigenvalue weighted by molar-refractivity contribution is 7.74. The summed E-state index contributed by atoms with van der Waals surface area (Å²) in [7, 11) is 2.15. The zero-order valence-electron chi connectivity index (χ0n) is 6.89. The number of rotatable bonds is 3. The first kappa shape index (κ1) is 9.31. The average molecular weight is 148 g/mol. The van der Waals surface area contributed by atoms with Crippen LogP contribution in [0.5, 0.6) is 0 Å². The fourth-order valence-corrected chi connectivity index (χ4v) is 0.868. The van der Waals surface area contributed by atoms with Crippen LogP contribution in [0.4, 0.5) is 0 Å². The number of nitrogens with zero attached hydrogens (tertiary/aromatic N) is 1. The largest absolute Gasteiger partial charge is 0.265 e. The van der Waals surface area contributed by atoms with Crippen LogP contribution < -0.4 is 0 Å². The Labute approximate surface area is 64.2 Å². The minimum absolute atomic E-state index is 0.665. The van der Waals surface area contributed by atoms with Crippen molar-refractivity contribution in [1.82, 2.24) is 0 Å².